The van der Waals surface area contributed by atoms with Crippen LogP contribution in [-0.4, -0.2) is 34.9 Å². The van der Waals surface area contributed by atoms with E-state index in [4.69, 9.17) is 13.9 Å². The van der Waals surface area contributed by atoms with Crippen molar-refractivity contribution in [3.05, 3.63) is 12.2 Å². The molecule has 0 fully saturated rings. The number of rotatable bonds is 11. The molecule has 0 amide bonds. The zero-order valence-corrected chi connectivity index (χ0v) is 16.4. The Kier molecular flexibility index (Phi) is 9.70. The molecule has 126 valence electrons. The molecule has 0 aliphatic rings. The number of hydrogen-bond acceptors (Lipinski definition) is 3. The van der Waals surface area contributed by atoms with E-state index in [0.717, 1.165) is 18.6 Å². The Morgan fingerprint density at radius 2 is 1.48 bits per heavy atom. The molecule has 0 radical (unpaired) electrons. The Bertz CT molecular complexity index is 279. The van der Waals surface area contributed by atoms with E-state index in [2.05, 4.69) is 48.1 Å². The zero-order chi connectivity index (χ0) is 16.6. The molecule has 0 rings (SSSR count). The summed E-state index contributed by atoms with van der Waals surface area (Å²) in [5.74, 6) is 0. The van der Waals surface area contributed by atoms with Gasteiger partial charge in [0.05, 0.1) is 6.10 Å². The van der Waals surface area contributed by atoms with Crippen molar-refractivity contribution in [3.63, 3.8) is 0 Å². The minimum Gasteiger partial charge on any atom is -0.416 e. The summed E-state index contributed by atoms with van der Waals surface area (Å²) in [4.78, 5) is 0. The quantitative estimate of drug-likeness (QED) is 0.300. The topological polar surface area (TPSA) is 27.7 Å². The van der Waals surface area contributed by atoms with Crippen LogP contribution in [0.25, 0.3) is 0 Å². The van der Waals surface area contributed by atoms with Gasteiger partial charge in [-0.3, -0.25) is 0 Å². The van der Waals surface area contributed by atoms with Gasteiger partial charge in [-0.15, -0.1) is 0 Å². The first-order chi connectivity index (χ1) is 9.70. The molecule has 0 bridgehead atoms. The molecule has 0 saturated heterocycles. The maximum atomic E-state index is 6.55. The molecule has 4 heteroatoms. The summed E-state index contributed by atoms with van der Waals surface area (Å²) in [6.07, 6.45) is 0.864. The standard InChI is InChI=1S/C17H36O3Si/c1-13(2)17(19-12-18-9)10-11-20-21(14(3)4,15(5)6)16(7)8/h14-17H,1,10-12H2,2-9H3/t17-/m1/s1. The van der Waals surface area contributed by atoms with Gasteiger partial charge >= 0.3 is 0 Å². The second-order valence-electron chi connectivity index (χ2n) is 6.86. The van der Waals surface area contributed by atoms with E-state index < -0.39 is 8.32 Å². The summed E-state index contributed by atoms with van der Waals surface area (Å²) in [6.45, 7) is 20.9. The Labute approximate surface area is 133 Å². The highest BCUT2D eigenvalue weighted by Gasteiger charge is 2.44. The Morgan fingerprint density at radius 3 is 1.81 bits per heavy atom. The van der Waals surface area contributed by atoms with Crippen molar-refractivity contribution in [1.82, 2.24) is 0 Å². The summed E-state index contributed by atoms with van der Waals surface area (Å²) in [7, 11) is -0.138. The van der Waals surface area contributed by atoms with Gasteiger partial charge in [0, 0.05) is 13.7 Å². The Hall–Kier alpha value is -0.163. The smallest absolute Gasteiger partial charge is 0.200 e. The maximum Gasteiger partial charge on any atom is 0.200 e. The highest BCUT2D eigenvalue weighted by atomic mass is 28.4. The van der Waals surface area contributed by atoms with Gasteiger partial charge in [-0.25, -0.2) is 0 Å². The summed E-state index contributed by atoms with van der Waals surface area (Å²) in [5, 5.41) is 0. The van der Waals surface area contributed by atoms with Crippen LogP contribution in [0.5, 0.6) is 0 Å². The minimum absolute atomic E-state index is 0.0168. The molecule has 0 aliphatic heterocycles. The molecule has 0 aromatic heterocycles. The largest absolute Gasteiger partial charge is 0.416 e. The van der Waals surface area contributed by atoms with Crippen molar-refractivity contribution in [2.24, 2.45) is 0 Å². The summed E-state index contributed by atoms with van der Waals surface area (Å²) in [6, 6.07) is 0. The zero-order valence-electron chi connectivity index (χ0n) is 15.4. The molecule has 0 aliphatic carbocycles. The van der Waals surface area contributed by atoms with E-state index in [1.807, 2.05) is 6.92 Å². The molecule has 0 saturated carbocycles. The lowest BCUT2D eigenvalue weighted by Crippen LogP contribution is -2.48. The van der Waals surface area contributed by atoms with Gasteiger partial charge < -0.3 is 13.9 Å². The van der Waals surface area contributed by atoms with Crippen molar-refractivity contribution in [1.29, 1.82) is 0 Å². The monoisotopic (exact) mass is 316 g/mol. The number of hydrogen-bond donors (Lipinski definition) is 0. The van der Waals surface area contributed by atoms with Crippen molar-refractivity contribution < 1.29 is 13.9 Å². The van der Waals surface area contributed by atoms with Crippen LogP contribution in [0.2, 0.25) is 16.6 Å². The molecule has 1 atom stereocenters. The van der Waals surface area contributed by atoms with E-state index in [9.17, 15) is 0 Å². The van der Waals surface area contributed by atoms with Crippen LogP contribution in [0, 0.1) is 0 Å². The van der Waals surface area contributed by atoms with Gasteiger partial charge in [-0.2, -0.15) is 0 Å². The predicted octanol–water partition coefficient (Wildman–Crippen LogP) is 5.13. The highest BCUT2D eigenvalue weighted by molar-refractivity contribution is 6.77. The normalized spacial score (nSPS) is 14.2. The molecule has 21 heavy (non-hydrogen) atoms. The number of methoxy groups -OCH3 is 1. The molecule has 0 spiro atoms. The van der Waals surface area contributed by atoms with Crippen LogP contribution in [0.15, 0.2) is 12.2 Å². The minimum atomic E-state index is -1.78. The maximum absolute atomic E-state index is 6.55. The second kappa shape index (κ2) is 9.77. The third-order valence-electron chi connectivity index (χ3n) is 4.38. The fourth-order valence-corrected chi connectivity index (χ4v) is 8.94. The molecule has 0 aromatic rings. The molecule has 3 nitrogen and oxygen atoms in total. The molecule has 0 heterocycles. The fourth-order valence-electron chi connectivity index (χ4n) is 3.46. The van der Waals surface area contributed by atoms with Gasteiger partial charge in [0.1, 0.15) is 6.79 Å². The van der Waals surface area contributed by atoms with Crippen LogP contribution in [-0.2, 0) is 13.9 Å². The molecular weight excluding hydrogens is 280 g/mol. The van der Waals surface area contributed by atoms with Crippen molar-refractivity contribution in [2.75, 3.05) is 20.5 Å². The van der Waals surface area contributed by atoms with Crippen LogP contribution < -0.4 is 0 Å². The average molecular weight is 317 g/mol. The first kappa shape index (κ1) is 20.8. The van der Waals surface area contributed by atoms with Crippen molar-refractivity contribution >= 4 is 8.32 Å². The Balaban J connectivity index is 4.72. The highest BCUT2D eigenvalue weighted by Crippen LogP contribution is 2.42. The SMILES string of the molecule is C=C(C)[C@@H](CCO[Si](C(C)C)(C(C)C)C(C)C)OCOC. The van der Waals surface area contributed by atoms with Crippen LogP contribution in [0.3, 0.4) is 0 Å². The summed E-state index contributed by atoms with van der Waals surface area (Å²) in [5.41, 5.74) is 2.86. The molecule has 0 unspecified atom stereocenters. The van der Waals surface area contributed by atoms with Crippen molar-refractivity contribution in [2.45, 2.75) is 77.6 Å². The first-order valence-corrected chi connectivity index (χ1v) is 10.2. The Morgan fingerprint density at radius 1 is 1.00 bits per heavy atom. The van der Waals surface area contributed by atoms with Crippen LogP contribution >= 0.6 is 0 Å². The third kappa shape index (κ3) is 5.85. The average Bonchev–Trinajstić information content (AvgIpc) is 2.36. The van der Waals surface area contributed by atoms with Crippen molar-refractivity contribution in [3.8, 4) is 0 Å². The van der Waals surface area contributed by atoms with Gasteiger partial charge in [0.2, 0.25) is 0 Å². The van der Waals surface area contributed by atoms with E-state index in [0.29, 0.717) is 23.4 Å². The number of ether oxygens (including phenoxy) is 2. The lowest BCUT2D eigenvalue weighted by molar-refractivity contribution is -0.0640. The van der Waals surface area contributed by atoms with E-state index >= 15 is 0 Å². The van der Waals surface area contributed by atoms with Crippen LogP contribution in [0.1, 0.15) is 54.9 Å². The third-order valence-corrected chi connectivity index (χ3v) is 10.5. The van der Waals surface area contributed by atoms with E-state index in [1.165, 1.54) is 0 Å². The lowest BCUT2D eigenvalue weighted by Gasteiger charge is -2.42. The predicted molar refractivity (Wildman–Crippen MR) is 93.2 cm³/mol. The van der Waals surface area contributed by atoms with E-state index in [1.54, 1.807) is 7.11 Å². The fraction of sp³-hybridized carbons (Fsp3) is 0.882. The molecule has 0 N–H and O–H groups in total. The summed E-state index contributed by atoms with van der Waals surface area (Å²) < 4.78 is 17.2. The van der Waals surface area contributed by atoms with Gasteiger partial charge in [-0.05, 0) is 30.0 Å². The van der Waals surface area contributed by atoms with Gasteiger partial charge in [-0.1, -0.05) is 53.7 Å². The lowest BCUT2D eigenvalue weighted by atomic mass is 10.1. The van der Waals surface area contributed by atoms with Gasteiger partial charge in [0.15, 0.2) is 8.32 Å². The van der Waals surface area contributed by atoms with Crippen LogP contribution in [0.4, 0.5) is 0 Å². The molecular formula is C17H36O3Si. The van der Waals surface area contributed by atoms with E-state index in [-0.39, 0.29) is 6.10 Å². The summed E-state index contributed by atoms with van der Waals surface area (Å²) >= 11 is 0. The molecule has 0 aromatic carbocycles. The first-order valence-electron chi connectivity index (χ1n) is 8.09. The van der Waals surface area contributed by atoms with Gasteiger partial charge in [0.25, 0.3) is 0 Å². The second-order valence-corrected chi connectivity index (χ2v) is 12.3.